The van der Waals surface area contributed by atoms with Crippen molar-refractivity contribution in [2.45, 2.75) is 51.0 Å². The van der Waals surface area contributed by atoms with Gasteiger partial charge in [-0.15, -0.1) is 0 Å². The Morgan fingerprint density at radius 2 is 1.94 bits per heavy atom. The first-order chi connectivity index (χ1) is 8.13. The molecule has 1 aromatic carbocycles. The summed E-state index contributed by atoms with van der Waals surface area (Å²) in [5, 5.41) is 0. The van der Waals surface area contributed by atoms with E-state index in [-0.39, 0.29) is 11.4 Å². The molecule has 2 rings (SSSR count). The Balaban J connectivity index is 2.01. The number of benzene rings is 1. The molecule has 94 valence electrons. The molecule has 0 aliphatic heterocycles. The van der Waals surface area contributed by atoms with Crippen molar-refractivity contribution in [3.05, 3.63) is 35.6 Å². The van der Waals surface area contributed by atoms with Crippen LogP contribution in [0.25, 0.3) is 0 Å². The topological polar surface area (TPSA) is 26.0 Å². The summed E-state index contributed by atoms with van der Waals surface area (Å²) in [6.45, 7) is 2.24. The standard InChI is InChI=1S/C15H22FN/c1-2-12-7-9-15(17,10-8-12)11-13-5-3-4-6-14(13)16/h3-6,12H,2,7-11,17H2,1H3. The van der Waals surface area contributed by atoms with E-state index in [0.29, 0.717) is 6.42 Å². The van der Waals surface area contributed by atoms with Gasteiger partial charge in [0.15, 0.2) is 0 Å². The van der Waals surface area contributed by atoms with Crippen LogP contribution in [0.2, 0.25) is 0 Å². The predicted molar refractivity (Wildman–Crippen MR) is 69.3 cm³/mol. The van der Waals surface area contributed by atoms with Crippen molar-refractivity contribution in [2.75, 3.05) is 0 Å². The Morgan fingerprint density at radius 1 is 1.29 bits per heavy atom. The van der Waals surface area contributed by atoms with Crippen LogP contribution in [0.1, 0.15) is 44.6 Å². The predicted octanol–water partition coefficient (Wildman–Crippen LogP) is 3.67. The quantitative estimate of drug-likeness (QED) is 0.850. The molecule has 0 heterocycles. The number of nitrogens with two attached hydrogens (primary N) is 1. The molecule has 0 atom stereocenters. The average Bonchev–Trinajstić information content (AvgIpc) is 2.33. The minimum Gasteiger partial charge on any atom is -0.325 e. The zero-order chi connectivity index (χ0) is 12.3. The van der Waals surface area contributed by atoms with Gasteiger partial charge in [0.2, 0.25) is 0 Å². The molecule has 0 saturated heterocycles. The number of hydrogen-bond donors (Lipinski definition) is 1. The second-order valence-corrected chi connectivity index (χ2v) is 5.48. The number of hydrogen-bond acceptors (Lipinski definition) is 1. The molecule has 0 aromatic heterocycles. The summed E-state index contributed by atoms with van der Waals surface area (Å²) in [6, 6.07) is 7.00. The summed E-state index contributed by atoms with van der Waals surface area (Å²) >= 11 is 0. The van der Waals surface area contributed by atoms with Crippen LogP contribution >= 0.6 is 0 Å². The maximum absolute atomic E-state index is 13.6. The van der Waals surface area contributed by atoms with Crippen LogP contribution in [-0.4, -0.2) is 5.54 Å². The molecule has 1 aromatic rings. The molecule has 1 aliphatic carbocycles. The van der Waals surface area contributed by atoms with Crippen LogP contribution in [0.4, 0.5) is 4.39 Å². The summed E-state index contributed by atoms with van der Waals surface area (Å²) in [5.41, 5.74) is 6.99. The summed E-state index contributed by atoms with van der Waals surface area (Å²) in [7, 11) is 0. The lowest BCUT2D eigenvalue weighted by Gasteiger charge is -2.37. The minimum atomic E-state index is -0.187. The van der Waals surface area contributed by atoms with E-state index in [2.05, 4.69) is 6.92 Å². The van der Waals surface area contributed by atoms with Crippen molar-refractivity contribution in [1.29, 1.82) is 0 Å². The van der Waals surface area contributed by atoms with Gasteiger partial charge in [-0.2, -0.15) is 0 Å². The average molecular weight is 235 g/mol. The van der Waals surface area contributed by atoms with Crippen molar-refractivity contribution in [2.24, 2.45) is 11.7 Å². The summed E-state index contributed by atoms with van der Waals surface area (Å²) in [5.74, 6) is 0.710. The molecule has 1 saturated carbocycles. The molecule has 0 bridgehead atoms. The van der Waals surface area contributed by atoms with Gasteiger partial charge in [-0.05, 0) is 49.7 Å². The highest BCUT2D eigenvalue weighted by Gasteiger charge is 2.31. The van der Waals surface area contributed by atoms with Gasteiger partial charge in [0, 0.05) is 5.54 Å². The third-order valence-corrected chi connectivity index (χ3v) is 4.18. The monoisotopic (exact) mass is 235 g/mol. The minimum absolute atomic E-state index is 0.116. The van der Waals surface area contributed by atoms with Gasteiger partial charge in [0.05, 0.1) is 0 Å². The Bertz CT molecular complexity index is 367. The first-order valence-electron chi connectivity index (χ1n) is 6.65. The lowest BCUT2D eigenvalue weighted by atomic mass is 9.73. The molecule has 0 unspecified atom stereocenters. The molecule has 1 aliphatic rings. The Morgan fingerprint density at radius 3 is 2.53 bits per heavy atom. The van der Waals surface area contributed by atoms with Crippen LogP contribution in [0.5, 0.6) is 0 Å². The maximum atomic E-state index is 13.6. The van der Waals surface area contributed by atoms with E-state index in [1.165, 1.54) is 25.3 Å². The van der Waals surface area contributed by atoms with E-state index in [1.54, 1.807) is 6.07 Å². The molecule has 17 heavy (non-hydrogen) atoms. The highest BCUT2D eigenvalue weighted by Crippen LogP contribution is 2.34. The normalized spacial score (nSPS) is 29.2. The zero-order valence-electron chi connectivity index (χ0n) is 10.6. The van der Waals surface area contributed by atoms with E-state index in [4.69, 9.17) is 5.73 Å². The second kappa shape index (κ2) is 5.18. The Kier molecular flexibility index (Phi) is 3.82. The van der Waals surface area contributed by atoms with E-state index in [0.717, 1.165) is 24.3 Å². The zero-order valence-corrected chi connectivity index (χ0v) is 10.6. The molecule has 0 radical (unpaired) electrons. The van der Waals surface area contributed by atoms with E-state index >= 15 is 0 Å². The molecule has 2 N–H and O–H groups in total. The highest BCUT2D eigenvalue weighted by molar-refractivity contribution is 5.20. The van der Waals surface area contributed by atoms with Gasteiger partial charge in [0.1, 0.15) is 5.82 Å². The van der Waals surface area contributed by atoms with Crippen molar-refractivity contribution < 1.29 is 4.39 Å². The van der Waals surface area contributed by atoms with Crippen LogP contribution < -0.4 is 5.73 Å². The summed E-state index contributed by atoms with van der Waals surface area (Å²) < 4.78 is 13.6. The van der Waals surface area contributed by atoms with Crippen molar-refractivity contribution in [3.8, 4) is 0 Å². The second-order valence-electron chi connectivity index (χ2n) is 5.48. The number of rotatable bonds is 3. The van der Waals surface area contributed by atoms with Gasteiger partial charge in [0.25, 0.3) is 0 Å². The van der Waals surface area contributed by atoms with Crippen LogP contribution in [-0.2, 0) is 6.42 Å². The van der Waals surface area contributed by atoms with E-state index < -0.39 is 0 Å². The van der Waals surface area contributed by atoms with Crippen LogP contribution in [0.15, 0.2) is 24.3 Å². The first kappa shape index (κ1) is 12.6. The van der Waals surface area contributed by atoms with Crippen molar-refractivity contribution in [3.63, 3.8) is 0 Å². The first-order valence-corrected chi connectivity index (χ1v) is 6.65. The maximum Gasteiger partial charge on any atom is 0.126 e. The Hall–Kier alpha value is -0.890. The van der Waals surface area contributed by atoms with Gasteiger partial charge in [-0.25, -0.2) is 4.39 Å². The lowest BCUT2D eigenvalue weighted by Crippen LogP contribution is -2.45. The fraction of sp³-hybridized carbons (Fsp3) is 0.600. The third-order valence-electron chi connectivity index (χ3n) is 4.18. The molecule has 1 fully saturated rings. The van der Waals surface area contributed by atoms with Gasteiger partial charge < -0.3 is 5.73 Å². The molecular weight excluding hydrogens is 213 g/mol. The van der Waals surface area contributed by atoms with Crippen molar-refractivity contribution >= 4 is 0 Å². The van der Waals surface area contributed by atoms with Crippen molar-refractivity contribution in [1.82, 2.24) is 0 Å². The summed E-state index contributed by atoms with van der Waals surface area (Å²) in [6.07, 6.45) is 6.37. The largest absolute Gasteiger partial charge is 0.325 e. The van der Waals surface area contributed by atoms with E-state index in [1.807, 2.05) is 12.1 Å². The van der Waals surface area contributed by atoms with E-state index in [9.17, 15) is 4.39 Å². The van der Waals surface area contributed by atoms with Crippen LogP contribution in [0, 0.1) is 11.7 Å². The third kappa shape index (κ3) is 3.06. The van der Waals surface area contributed by atoms with Gasteiger partial charge in [-0.1, -0.05) is 31.5 Å². The fourth-order valence-corrected chi connectivity index (χ4v) is 2.86. The molecule has 0 spiro atoms. The SMILES string of the molecule is CCC1CCC(N)(Cc2ccccc2F)CC1. The molecule has 2 heteroatoms. The number of halogens is 1. The molecular formula is C15H22FN. The van der Waals surface area contributed by atoms with Gasteiger partial charge in [-0.3, -0.25) is 0 Å². The molecule has 0 amide bonds. The smallest absolute Gasteiger partial charge is 0.126 e. The fourth-order valence-electron chi connectivity index (χ4n) is 2.86. The summed E-state index contributed by atoms with van der Waals surface area (Å²) in [4.78, 5) is 0. The molecule has 1 nitrogen and oxygen atoms in total. The Labute approximate surface area is 103 Å². The lowest BCUT2D eigenvalue weighted by molar-refractivity contribution is 0.227. The highest BCUT2D eigenvalue weighted by atomic mass is 19.1. The van der Waals surface area contributed by atoms with Crippen LogP contribution in [0.3, 0.4) is 0 Å². The van der Waals surface area contributed by atoms with Gasteiger partial charge >= 0.3 is 0 Å².